The highest BCUT2D eigenvalue weighted by atomic mass is 16.5. The minimum atomic E-state index is -0.511. The van der Waals surface area contributed by atoms with Crippen LogP contribution in [-0.4, -0.2) is 25.5 Å². The number of anilines is 1. The number of rotatable bonds is 4. The van der Waals surface area contributed by atoms with Gasteiger partial charge in [-0.1, -0.05) is 30.3 Å². The second-order valence-corrected chi connectivity index (χ2v) is 4.42. The summed E-state index contributed by atoms with van der Waals surface area (Å²) in [6, 6.07) is 16.0. The van der Waals surface area contributed by atoms with Crippen molar-refractivity contribution in [1.29, 1.82) is 0 Å². The van der Waals surface area contributed by atoms with Crippen molar-refractivity contribution in [3.05, 3.63) is 65.7 Å². The highest BCUT2D eigenvalue weighted by Crippen LogP contribution is 2.19. The summed E-state index contributed by atoms with van der Waals surface area (Å²) in [6.07, 6.45) is 0. The first-order valence-corrected chi connectivity index (χ1v) is 6.73. The third-order valence-corrected chi connectivity index (χ3v) is 3.19. The molecule has 0 atom stereocenters. The maximum atomic E-state index is 12.7. The zero-order valence-electron chi connectivity index (χ0n) is 12.1. The van der Waals surface area contributed by atoms with Crippen LogP contribution >= 0.6 is 0 Å². The number of carbonyl (C=O) groups excluding carboxylic acids is 2. The number of methoxy groups -OCH3 is 1. The second kappa shape index (κ2) is 6.70. The van der Waals surface area contributed by atoms with Crippen molar-refractivity contribution in [2.24, 2.45) is 0 Å². The number of carbonyl (C=O) groups is 2. The fourth-order valence-electron chi connectivity index (χ4n) is 2.15. The number of amides is 1. The second-order valence-electron chi connectivity index (χ2n) is 4.42. The van der Waals surface area contributed by atoms with Gasteiger partial charge in [-0.25, -0.2) is 4.79 Å². The molecule has 4 nitrogen and oxygen atoms in total. The van der Waals surface area contributed by atoms with E-state index in [0.29, 0.717) is 12.1 Å². The first-order valence-electron chi connectivity index (χ1n) is 6.73. The number of para-hydroxylation sites is 1. The van der Waals surface area contributed by atoms with Gasteiger partial charge in [0.1, 0.15) is 0 Å². The largest absolute Gasteiger partial charge is 0.465 e. The fraction of sp³-hybridized carbons (Fsp3) is 0.176. The lowest BCUT2D eigenvalue weighted by atomic mass is 10.1. The smallest absolute Gasteiger partial charge is 0.338 e. The van der Waals surface area contributed by atoms with Crippen molar-refractivity contribution >= 4 is 17.6 Å². The summed E-state index contributed by atoms with van der Waals surface area (Å²) in [4.78, 5) is 26.2. The summed E-state index contributed by atoms with van der Waals surface area (Å²) >= 11 is 0. The predicted molar refractivity (Wildman–Crippen MR) is 81.6 cm³/mol. The Hall–Kier alpha value is -2.62. The van der Waals surface area contributed by atoms with Crippen LogP contribution in [0.15, 0.2) is 54.6 Å². The van der Waals surface area contributed by atoms with E-state index in [-0.39, 0.29) is 11.5 Å². The molecule has 0 unspecified atom stereocenters. The van der Waals surface area contributed by atoms with Crippen molar-refractivity contribution < 1.29 is 14.3 Å². The molecule has 0 saturated heterocycles. The van der Waals surface area contributed by atoms with Gasteiger partial charge in [-0.05, 0) is 31.2 Å². The van der Waals surface area contributed by atoms with Crippen LogP contribution in [-0.2, 0) is 4.74 Å². The molecule has 2 aromatic rings. The third kappa shape index (κ3) is 3.11. The van der Waals surface area contributed by atoms with Crippen molar-refractivity contribution in [3.63, 3.8) is 0 Å². The molecule has 21 heavy (non-hydrogen) atoms. The number of hydrogen-bond donors (Lipinski definition) is 0. The topological polar surface area (TPSA) is 46.6 Å². The van der Waals surface area contributed by atoms with Crippen molar-refractivity contribution in [1.82, 2.24) is 0 Å². The van der Waals surface area contributed by atoms with E-state index < -0.39 is 5.97 Å². The van der Waals surface area contributed by atoms with Gasteiger partial charge in [0.05, 0.1) is 18.2 Å². The summed E-state index contributed by atoms with van der Waals surface area (Å²) in [5, 5.41) is 0. The molecular weight excluding hydrogens is 266 g/mol. The molecule has 0 aliphatic heterocycles. The Kier molecular flexibility index (Phi) is 4.72. The van der Waals surface area contributed by atoms with E-state index in [4.69, 9.17) is 4.74 Å². The number of nitrogens with zero attached hydrogens (tertiary/aromatic N) is 1. The highest BCUT2D eigenvalue weighted by molar-refractivity contribution is 6.12. The lowest BCUT2D eigenvalue weighted by Gasteiger charge is -2.22. The molecule has 0 heterocycles. The quantitative estimate of drug-likeness (QED) is 0.810. The molecule has 4 heteroatoms. The van der Waals surface area contributed by atoms with Gasteiger partial charge in [0.15, 0.2) is 0 Å². The van der Waals surface area contributed by atoms with Crippen LogP contribution in [0.4, 0.5) is 5.69 Å². The molecule has 0 saturated carbocycles. The number of benzene rings is 2. The maximum Gasteiger partial charge on any atom is 0.338 e. The number of esters is 1. The highest BCUT2D eigenvalue weighted by Gasteiger charge is 2.22. The minimum Gasteiger partial charge on any atom is -0.465 e. The van der Waals surface area contributed by atoms with Crippen LogP contribution in [0.2, 0.25) is 0 Å². The van der Waals surface area contributed by atoms with Crippen LogP contribution in [0, 0.1) is 0 Å². The summed E-state index contributed by atoms with van der Waals surface area (Å²) in [6.45, 7) is 2.41. The van der Waals surface area contributed by atoms with Crippen LogP contribution < -0.4 is 4.90 Å². The molecule has 0 radical (unpaired) electrons. The van der Waals surface area contributed by atoms with Gasteiger partial charge < -0.3 is 9.64 Å². The van der Waals surface area contributed by atoms with E-state index in [9.17, 15) is 9.59 Å². The number of hydrogen-bond acceptors (Lipinski definition) is 3. The Balaban J connectivity index is 2.42. The molecule has 0 aliphatic carbocycles. The molecule has 108 valence electrons. The van der Waals surface area contributed by atoms with Crippen molar-refractivity contribution in [3.8, 4) is 0 Å². The molecule has 0 N–H and O–H groups in total. The monoisotopic (exact) mass is 283 g/mol. The number of ether oxygens (including phenoxy) is 1. The van der Waals surface area contributed by atoms with Crippen LogP contribution in [0.5, 0.6) is 0 Å². The molecule has 0 aliphatic rings. The van der Waals surface area contributed by atoms with E-state index in [1.807, 2.05) is 37.3 Å². The average Bonchev–Trinajstić information content (AvgIpc) is 2.55. The fourth-order valence-corrected chi connectivity index (χ4v) is 2.15. The Labute approximate surface area is 124 Å². The zero-order valence-corrected chi connectivity index (χ0v) is 12.1. The minimum absolute atomic E-state index is 0.218. The molecule has 2 rings (SSSR count). The molecular formula is C17H17NO3. The third-order valence-electron chi connectivity index (χ3n) is 3.19. The van der Waals surface area contributed by atoms with E-state index in [0.717, 1.165) is 5.69 Å². The van der Waals surface area contributed by atoms with Gasteiger partial charge in [-0.15, -0.1) is 0 Å². The standard InChI is InChI=1S/C17H17NO3/c1-3-18(13-9-5-4-6-10-13)16(19)14-11-7-8-12-15(14)17(20)21-2/h4-12H,3H2,1-2H3. The average molecular weight is 283 g/mol. The molecule has 1 amide bonds. The van der Waals surface area contributed by atoms with E-state index >= 15 is 0 Å². The van der Waals surface area contributed by atoms with E-state index in [2.05, 4.69) is 0 Å². The Morgan fingerprint density at radius 2 is 1.52 bits per heavy atom. The Bertz CT molecular complexity index is 637. The Morgan fingerprint density at radius 1 is 0.952 bits per heavy atom. The molecule has 0 aromatic heterocycles. The van der Waals surface area contributed by atoms with Gasteiger partial charge in [0.2, 0.25) is 0 Å². The summed E-state index contributed by atoms with van der Waals surface area (Å²) < 4.78 is 4.74. The van der Waals surface area contributed by atoms with Crippen LogP contribution in [0.1, 0.15) is 27.6 Å². The zero-order chi connectivity index (χ0) is 15.2. The maximum absolute atomic E-state index is 12.7. The SMILES string of the molecule is CCN(C(=O)c1ccccc1C(=O)OC)c1ccccc1. The molecule has 2 aromatic carbocycles. The first-order chi connectivity index (χ1) is 10.2. The van der Waals surface area contributed by atoms with Crippen LogP contribution in [0.25, 0.3) is 0 Å². The van der Waals surface area contributed by atoms with Gasteiger partial charge >= 0.3 is 5.97 Å². The van der Waals surface area contributed by atoms with Crippen molar-refractivity contribution in [2.45, 2.75) is 6.92 Å². The molecule has 0 bridgehead atoms. The van der Waals surface area contributed by atoms with E-state index in [1.165, 1.54) is 7.11 Å². The summed E-state index contributed by atoms with van der Waals surface area (Å²) in [5.74, 6) is -0.729. The summed E-state index contributed by atoms with van der Waals surface area (Å²) in [7, 11) is 1.30. The van der Waals surface area contributed by atoms with Crippen LogP contribution in [0.3, 0.4) is 0 Å². The molecule has 0 spiro atoms. The van der Waals surface area contributed by atoms with Gasteiger partial charge in [-0.3, -0.25) is 4.79 Å². The van der Waals surface area contributed by atoms with Gasteiger partial charge in [-0.2, -0.15) is 0 Å². The lowest BCUT2D eigenvalue weighted by Crippen LogP contribution is -2.31. The first kappa shape index (κ1) is 14.8. The summed E-state index contributed by atoms with van der Waals surface area (Å²) in [5.41, 5.74) is 1.42. The Morgan fingerprint density at radius 3 is 2.10 bits per heavy atom. The molecule has 0 fully saturated rings. The van der Waals surface area contributed by atoms with Crippen molar-refractivity contribution in [2.75, 3.05) is 18.6 Å². The van der Waals surface area contributed by atoms with E-state index in [1.54, 1.807) is 29.2 Å². The van der Waals surface area contributed by atoms with Gasteiger partial charge in [0.25, 0.3) is 5.91 Å². The lowest BCUT2D eigenvalue weighted by molar-refractivity contribution is 0.0597. The predicted octanol–water partition coefficient (Wildman–Crippen LogP) is 3.14. The van der Waals surface area contributed by atoms with Gasteiger partial charge in [0, 0.05) is 12.2 Å². The normalized spacial score (nSPS) is 10.0.